The average Bonchev–Trinajstić information content (AvgIpc) is 3.25. The standard InChI is InChI=1S/C18H26N4OS/c1-19-18(21-12-10-14-6-5-13-23-14)20-11-4-9-17-22-15-7-2-3-8-16(15)24-17/h5-6,13H,2-4,7-12H2,1H3,(H2,19,20,21). The summed E-state index contributed by atoms with van der Waals surface area (Å²) in [5.74, 6) is 1.84. The van der Waals surface area contributed by atoms with Gasteiger partial charge in [-0.05, 0) is 44.2 Å². The first-order valence-electron chi connectivity index (χ1n) is 8.79. The van der Waals surface area contributed by atoms with Crippen molar-refractivity contribution in [2.75, 3.05) is 20.1 Å². The van der Waals surface area contributed by atoms with Crippen molar-refractivity contribution < 1.29 is 4.42 Å². The summed E-state index contributed by atoms with van der Waals surface area (Å²) in [5, 5.41) is 7.97. The number of aliphatic imine (C=N–C) groups is 1. The number of thiazole rings is 1. The number of hydrogen-bond donors (Lipinski definition) is 2. The van der Waals surface area contributed by atoms with Gasteiger partial charge in [0, 0.05) is 37.9 Å². The van der Waals surface area contributed by atoms with Gasteiger partial charge >= 0.3 is 0 Å². The molecule has 1 aliphatic carbocycles. The Bertz CT molecular complexity index is 625. The van der Waals surface area contributed by atoms with Crippen LogP contribution in [0.3, 0.4) is 0 Å². The molecule has 2 heterocycles. The third-order valence-electron chi connectivity index (χ3n) is 4.22. The van der Waals surface area contributed by atoms with E-state index in [9.17, 15) is 0 Å². The smallest absolute Gasteiger partial charge is 0.190 e. The number of fused-ring (bicyclic) bond motifs is 1. The number of guanidine groups is 1. The van der Waals surface area contributed by atoms with Gasteiger partial charge in [-0.2, -0.15) is 0 Å². The molecular weight excluding hydrogens is 320 g/mol. The normalized spacial score (nSPS) is 14.5. The fraction of sp³-hybridized carbons (Fsp3) is 0.556. The van der Waals surface area contributed by atoms with Gasteiger partial charge in [0.2, 0.25) is 0 Å². The fourth-order valence-corrected chi connectivity index (χ4v) is 4.14. The molecule has 2 N–H and O–H groups in total. The van der Waals surface area contributed by atoms with Gasteiger partial charge in [0.15, 0.2) is 5.96 Å². The van der Waals surface area contributed by atoms with E-state index in [1.807, 2.05) is 23.5 Å². The first kappa shape index (κ1) is 17.0. The van der Waals surface area contributed by atoms with E-state index < -0.39 is 0 Å². The van der Waals surface area contributed by atoms with Crippen molar-refractivity contribution in [3.05, 3.63) is 39.7 Å². The van der Waals surface area contributed by atoms with Crippen LogP contribution in [0.5, 0.6) is 0 Å². The maximum atomic E-state index is 5.32. The number of furan rings is 1. The monoisotopic (exact) mass is 346 g/mol. The quantitative estimate of drug-likeness (QED) is 0.460. The second-order valence-corrected chi connectivity index (χ2v) is 7.21. The molecule has 2 aromatic heterocycles. The van der Waals surface area contributed by atoms with Crippen LogP contribution in [0.1, 0.15) is 40.6 Å². The van der Waals surface area contributed by atoms with E-state index in [1.54, 1.807) is 13.3 Å². The zero-order chi connectivity index (χ0) is 16.6. The van der Waals surface area contributed by atoms with E-state index in [2.05, 4.69) is 15.6 Å². The molecule has 0 radical (unpaired) electrons. The highest BCUT2D eigenvalue weighted by atomic mass is 32.1. The average molecular weight is 347 g/mol. The molecule has 6 heteroatoms. The molecule has 24 heavy (non-hydrogen) atoms. The lowest BCUT2D eigenvalue weighted by atomic mass is 10.0. The zero-order valence-electron chi connectivity index (χ0n) is 14.3. The van der Waals surface area contributed by atoms with Gasteiger partial charge in [-0.1, -0.05) is 0 Å². The molecule has 0 bridgehead atoms. The molecule has 0 amide bonds. The van der Waals surface area contributed by atoms with Crippen LogP contribution >= 0.6 is 11.3 Å². The second kappa shape index (κ2) is 8.87. The highest BCUT2D eigenvalue weighted by Gasteiger charge is 2.14. The lowest BCUT2D eigenvalue weighted by Crippen LogP contribution is -2.38. The summed E-state index contributed by atoms with van der Waals surface area (Å²) < 4.78 is 5.32. The van der Waals surface area contributed by atoms with Gasteiger partial charge in [0.05, 0.1) is 17.0 Å². The van der Waals surface area contributed by atoms with Gasteiger partial charge in [-0.3, -0.25) is 4.99 Å². The number of rotatable bonds is 7. The number of aromatic nitrogens is 1. The Morgan fingerprint density at radius 3 is 2.92 bits per heavy atom. The van der Waals surface area contributed by atoms with Crippen LogP contribution in [0, 0.1) is 0 Å². The van der Waals surface area contributed by atoms with Crippen LogP contribution in [0.4, 0.5) is 0 Å². The first-order chi connectivity index (χ1) is 11.8. The molecule has 5 nitrogen and oxygen atoms in total. The SMILES string of the molecule is CN=C(NCCCc1nc2c(s1)CCCC2)NCCc1ccco1. The highest BCUT2D eigenvalue weighted by Crippen LogP contribution is 2.27. The van der Waals surface area contributed by atoms with E-state index in [0.29, 0.717) is 0 Å². The molecule has 0 saturated carbocycles. The van der Waals surface area contributed by atoms with E-state index >= 15 is 0 Å². The summed E-state index contributed by atoms with van der Waals surface area (Å²) >= 11 is 1.92. The van der Waals surface area contributed by atoms with Crippen LogP contribution in [-0.2, 0) is 25.7 Å². The largest absolute Gasteiger partial charge is 0.469 e. The number of nitrogens with zero attached hydrogens (tertiary/aromatic N) is 2. The van der Waals surface area contributed by atoms with E-state index in [0.717, 1.165) is 44.1 Å². The molecule has 0 aliphatic heterocycles. The molecule has 0 atom stereocenters. The summed E-state index contributed by atoms with van der Waals surface area (Å²) in [6.45, 7) is 1.72. The van der Waals surface area contributed by atoms with Crippen LogP contribution in [0.2, 0.25) is 0 Å². The fourth-order valence-electron chi connectivity index (χ4n) is 2.94. The molecule has 0 saturated heterocycles. The van der Waals surface area contributed by atoms with E-state index in [4.69, 9.17) is 9.40 Å². The van der Waals surface area contributed by atoms with Crippen molar-refractivity contribution in [1.29, 1.82) is 0 Å². The van der Waals surface area contributed by atoms with Crippen LogP contribution in [-0.4, -0.2) is 31.1 Å². The summed E-state index contributed by atoms with van der Waals surface area (Å²) in [6.07, 6.45) is 9.73. The minimum absolute atomic E-state index is 0.812. The highest BCUT2D eigenvalue weighted by molar-refractivity contribution is 7.11. The van der Waals surface area contributed by atoms with E-state index in [-0.39, 0.29) is 0 Å². The first-order valence-corrected chi connectivity index (χ1v) is 9.61. The Kier molecular flexibility index (Phi) is 6.29. The number of aryl methyl sites for hydroxylation is 3. The Hall–Kier alpha value is -1.82. The van der Waals surface area contributed by atoms with Crippen molar-refractivity contribution in [2.24, 2.45) is 4.99 Å². The minimum atomic E-state index is 0.812. The van der Waals surface area contributed by atoms with Crippen molar-refractivity contribution >= 4 is 17.3 Å². The topological polar surface area (TPSA) is 62.5 Å². The minimum Gasteiger partial charge on any atom is -0.469 e. The third-order valence-corrected chi connectivity index (χ3v) is 5.43. The lowest BCUT2D eigenvalue weighted by Gasteiger charge is -2.10. The maximum Gasteiger partial charge on any atom is 0.190 e. The van der Waals surface area contributed by atoms with Gasteiger partial charge < -0.3 is 15.1 Å². The molecule has 1 aliphatic rings. The molecule has 130 valence electrons. The zero-order valence-corrected chi connectivity index (χ0v) is 15.1. The van der Waals surface area contributed by atoms with Crippen LogP contribution in [0.25, 0.3) is 0 Å². The molecule has 0 spiro atoms. The van der Waals surface area contributed by atoms with Crippen LogP contribution < -0.4 is 10.6 Å². The van der Waals surface area contributed by atoms with Gasteiger partial charge in [-0.15, -0.1) is 11.3 Å². The van der Waals surface area contributed by atoms with Crippen molar-refractivity contribution in [1.82, 2.24) is 15.6 Å². The molecule has 0 aromatic carbocycles. The Morgan fingerprint density at radius 2 is 2.12 bits per heavy atom. The van der Waals surface area contributed by atoms with Gasteiger partial charge in [-0.25, -0.2) is 4.98 Å². The van der Waals surface area contributed by atoms with E-state index in [1.165, 1.54) is 41.3 Å². The third kappa shape index (κ3) is 4.84. The van der Waals surface area contributed by atoms with Crippen molar-refractivity contribution in [3.8, 4) is 0 Å². The number of hydrogen-bond acceptors (Lipinski definition) is 4. The van der Waals surface area contributed by atoms with Crippen molar-refractivity contribution in [2.45, 2.75) is 44.9 Å². The van der Waals surface area contributed by atoms with Crippen molar-refractivity contribution in [3.63, 3.8) is 0 Å². The second-order valence-electron chi connectivity index (χ2n) is 6.04. The summed E-state index contributed by atoms with van der Waals surface area (Å²) in [5.41, 5.74) is 1.37. The van der Waals surface area contributed by atoms with Gasteiger partial charge in [0.1, 0.15) is 5.76 Å². The Balaban J connectivity index is 1.33. The Labute approximate surface area is 147 Å². The molecule has 3 rings (SSSR count). The summed E-state index contributed by atoms with van der Waals surface area (Å²) in [6, 6.07) is 3.91. The lowest BCUT2D eigenvalue weighted by molar-refractivity contribution is 0.506. The maximum absolute atomic E-state index is 5.32. The molecular formula is C18H26N4OS. The predicted octanol–water partition coefficient (Wildman–Crippen LogP) is 2.96. The number of nitrogens with one attached hydrogen (secondary N) is 2. The van der Waals surface area contributed by atoms with Gasteiger partial charge in [0.25, 0.3) is 0 Å². The summed E-state index contributed by atoms with van der Waals surface area (Å²) in [4.78, 5) is 10.6. The summed E-state index contributed by atoms with van der Waals surface area (Å²) in [7, 11) is 1.80. The Morgan fingerprint density at radius 1 is 1.25 bits per heavy atom. The predicted molar refractivity (Wildman–Crippen MR) is 98.9 cm³/mol. The molecule has 0 unspecified atom stereocenters. The molecule has 2 aromatic rings. The van der Waals surface area contributed by atoms with Crippen LogP contribution in [0.15, 0.2) is 27.8 Å². The molecule has 0 fully saturated rings.